The van der Waals surface area contributed by atoms with Crippen LogP contribution < -0.4 is 10.6 Å². The monoisotopic (exact) mass is 232 g/mol. The third-order valence-electron chi connectivity index (χ3n) is 3.26. The van der Waals surface area contributed by atoms with Gasteiger partial charge in [0.1, 0.15) is 5.52 Å². The highest BCUT2D eigenvalue weighted by Crippen LogP contribution is 2.27. The summed E-state index contributed by atoms with van der Waals surface area (Å²) in [6, 6.07) is 6.82. The van der Waals surface area contributed by atoms with Crippen molar-refractivity contribution in [2.75, 3.05) is 37.8 Å². The first-order valence-corrected chi connectivity index (χ1v) is 5.71. The molecule has 1 aromatic heterocycles. The van der Waals surface area contributed by atoms with Crippen molar-refractivity contribution in [1.82, 2.24) is 9.88 Å². The summed E-state index contributed by atoms with van der Waals surface area (Å²) in [4.78, 5) is 8.81. The standard InChI is InChI=1S/C12H16N4O/c1-15(2)9-6-16(7-9)12-14-10-5-8(13)3-4-11(10)17-12/h3-5,9H,6-7,13H2,1-2H3. The Hall–Kier alpha value is -1.75. The molecule has 90 valence electrons. The number of rotatable bonds is 2. The maximum absolute atomic E-state index is 5.72. The molecule has 0 saturated carbocycles. The third-order valence-corrected chi connectivity index (χ3v) is 3.26. The van der Waals surface area contributed by atoms with Crippen LogP contribution in [-0.4, -0.2) is 43.1 Å². The molecule has 3 rings (SSSR count). The minimum absolute atomic E-state index is 0.593. The molecule has 1 fully saturated rings. The maximum Gasteiger partial charge on any atom is 0.298 e. The predicted molar refractivity (Wildman–Crippen MR) is 68.1 cm³/mol. The molecule has 17 heavy (non-hydrogen) atoms. The quantitative estimate of drug-likeness (QED) is 0.787. The van der Waals surface area contributed by atoms with E-state index in [1.165, 1.54) is 0 Å². The Morgan fingerprint density at radius 3 is 2.88 bits per heavy atom. The molecule has 0 amide bonds. The van der Waals surface area contributed by atoms with Crippen molar-refractivity contribution in [3.63, 3.8) is 0 Å². The van der Waals surface area contributed by atoms with Gasteiger partial charge in [-0.3, -0.25) is 0 Å². The summed E-state index contributed by atoms with van der Waals surface area (Å²) < 4.78 is 5.70. The van der Waals surface area contributed by atoms with Gasteiger partial charge < -0.3 is 20.0 Å². The van der Waals surface area contributed by atoms with Gasteiger partial charge in [0.05, 0.1) is 0 Å². The Morgan fingerprint density at radius 1 is 1.41 bits per heavy atom. The number of benzene rings is 1. The van der Waals surface area contributed by atoms with Crippen LogP contribution in [0.2, 0.25) is 0 Å². The topological polar surface area (TPSA) is 58.5 Å². The van der Waals surface area contributed by atoms with Crippen molar-refractivity contribution in [3.05, 3.63) is 18.2 Å². The van der Waals surface area contributed by atoms with Gasteiger partial charge in [-0.05, 0) is 32.3 Å². The molecule has 0 atom stereocenters. The molecule has 5 nitrogen and oxygen atoms in total. The highest BCUT2D eigenvalue weighted by Gasteiger charge is 2.31. The third kappa shape index (κ3) is 1.72. The molecule has 2 N–H and O–H groups in total. The lowest BCUT2D eigenvalue weighted by molar-refractivity contribution is 0.239. The van der Waals surface area contributed by atoms with E-state index in [4.69, 9.17) is 10.2 Å². The van der Waals surface area contributed by atoms with E-state index in [-0.39, 0.29) is 0 Å². The molecule has 0 radical (unpaired) electrons. The van der Waals surface area contributed by atoms with E-state index in [1.54, 1.807) is 0 Å². The molecular weight excluding hydrogens is 216 g/mol. The van der Waals surface area contributed by atoms with Crippen LogP contribution in [0.25, 0.3) is 11.1 Å². The average Bonchev–Trinajstić information content (AvgIpc) is 2.56. The van der Waals surface area contributed by atoms with Crippen LogP contribution in [0.4, 0.5) is 11.7 Å². The fourth-order valence-electron chi connectivity index (χ4n) is 2.01. The SMILES string of the molecule is CN(C)C1CN(c2nc3cc(N)ccc3o2)C1. The van der Waals surface area contributed by atoms with E-state index in [0.29, 0.717) is 17.7 Å². The highest BCUT2D eigenvalue weighted by atomic mass is 16.4. The minimum atomic E-state index is 0.593. The molecular formula is C12H16N4O. The van der Waals surface area contributed by atoms with E-state index in [2.05, 4.69) is 28.9 Å². The smallest absolute Gasteiger partial charge is 0.298 e. The molecule has 1 aromatic carbocycles. The van der Waals surface area contributed by atoms with Crippen LogP contribution in [0.15, 0.2) is 22.6 Å². The van der Waals surface area contributed by atoms with Crippen LogP contribution >= 0.6 is 0 Å². The van der Waals surface area contributed by atoms with Gasteiger partial charge in [0.15, 0.2) is 5.58 Å². The van der Waals surface area contributed by atoms with Crippen molar-refractivity contribution < 1.29 is 4.42 Å². The number of likely N-dealkylation sites (N-methyl/N-ethyl adjacent to an activating group) is 1. The number of hydrogen-bond acceptors (Lipinski definition) is 5. The van der Waals surface area contributed by atoms with Crippen LogP contribution in [0, 0.1) is 0 Å². The summed E-state index contributed by atoms with van der Waals surface area (Å²) in [7, 11) is 4.18. The van der Waals surface area contributed by atoms with Crippen molar-refractivity contribution in [1.29, 1.82) is 0 Å². The van der Waals surface area contributed by atoms with Crippen LogP contribution in [0.3, 0.4) is 0 Å². The zero-order valence-corrected chi connectivity index (χ0v) is 10.1. The van der Waals surface area contributed by atoms with Gasteiger partial charge in [-0.25, -0.2) is 0 Å². The van der Waals surface area contributed by atoms with E-state index >= 15 is 0 Å². The molecule has 0 bridgehead atoms. The average molecular weight is 232 g/mol. The van der Waals surface area contributed by atoms with Crippen molar-refractivity contribution in [3.8, 4) is 0 Å². The van der Waals surface area contributed by atoms with Gasteiger partial charge in [-0.15, -0.1) is 0 Å². The molecule has 1 saturated heterocycles. The summed E-state index contributed by atoms with van der Waals surface area (Å²) in [5, 5.41) is 0. The number of fused-ring (bicyclic) bond motifs is 1. The molecule has 5 heteroatoms. The number of anilines is 2. The lowest BCUT2D eigenvalue weighted by Gasteiger charge is -2.41. The second kappa shape index (κ2) is 3.63. The summed E-state index contributed by atoms with van der Waals surface area (Å²) in [5.74, 6) is 0. The van der Waals surface area contributed by atoms with Crippen LogP contribution in [0.1, 0.15) is 0 Å². The molecule has 2 aromatic rings. The minimum Gasteiger partial charge on any atom is -0.423 e. The highest BCUT2D eigenvalue weighted by molar-refractivity contribution is 5.78. The Kier molecular flexibility index (Phi) is 2.22. The van der Waals surface area contributed by atoms with Gasteiger partial charge in [-0.1, -0.05) is 0 Å². The van der Waals surface area contributed by atoms with Gasteiger partial charge in [-0.2, -0.15) is 4.98 Å². The molecule has 0 aliphatic carbocycles. The Bertz CT molecular complexity index is 542. The first-order chi connectivity index (χ1) is 8.13. The number of hydrogen-bond donors (Lipinski definition) is 1. The summed E-state index contributed by atoms with van der Waals surface area (Å²) in [6.45, 7) is 1.94. The normalized spacial score (nSPS) is 16.8. The Morgan fingerprint density at radius 2 is 2.18 bits per heavy atom. The van der Waals surface area contributed by atoms with E-state index in [0.717, 1.165) is 24.2 Å². The molecule has 2 heterocycles. The van der Waals surface area contributed by atoms with Crippen LogP contribution in [-0.2, 0) is 0 Å². The summed E-state index contributed by atoms with van der Waals surface area (Å²) in [5.41, 5.74) is 8.05. The zero-order chi connectivity index (χ0) is 12.0. The molecule has 0 spiro atoms. The number of nitrogen functional groups attached to an aromatic ring is 1. The summed E-state index contributed by atoms with van der Waals surface area (Å²) in [6.07, 6.45) is 0. The zero-order valence-electron chi connectivity index (χ0n) is 10.1. The van der Waals surface area contributed by atoms with Gasteiger partial charge in [0, 0.05) is 24.8 Å². The van der Waals surface area contributed by atoms with Gasteiger partial charge in [0.25, 0.3) is 6.01 Å². The Balaban J connectivity index is 1.83. The first kappa shape index (κ1) is 10.4. The Labute approximate surface area is 99.8 Å². The lowest BCUT2D eigenvalue weighted by Crippen LogP contribution is -2.57. The van der Waals surface area contributed by atoms with Gasteiger partial charge >= 0.3 is 0 Å². The van der Waals surface area contributed by atoms with Crippen molar-refractivity contribution in [2.45, 2.75) is 6.04 Å². The fraction of sp³-hybridized carbons (Fsp3) is 0.417. The fourth-order valence-corrected chi connectivity index (χ4v) is 2.01. The molecule has 1 aliphatic rings. The van der Waals surface area contributed by atoms with Crippen molar-refractivity contribution in [2.24, 2.45) is 0 Å². The van der Waals surface area contributed by atoms with E-state index < -0.39 is 0 Å². The predicted octanol–water partition coefficient (Wildman–Crippen LogP) is 1.16. The number of nitrogens with two attached hydrogens (primary N) is 1. The van der Waals surface area contributed by atoms with E-state index in [9.17, 15) is 0 Å². The second-order valence-corrected chi connectivity index (χ2v) is 4.75. The lowest BCUT2D eigenvalue weighted by atomic mass is 10.1. The molecule has 1 aliphatic heterocycles. The van der Waals surface area contributed by atoms with Crippen LogP contribution in [0.5, 0.6) is 0 Å². The number of nitrogens with zero attached hydrogens (tertiary/aromatic N) is 3. The number of aromatic nitrogens is 1. The first-order valence-electron chi connectivity index (χ1n) is 5.71. The second-order valence-electron chi connectivity index (χ2n) is 4.75. The largest absolute Gasteiger partial charge is 0.423 e. The van der Waals surface area contributed by atoms with E-state index in [1.807, 2.05) is 18.2 Å². The maximum atomic E-state index is 5.72. The van der Waals surface area contributed by atoms with Crippen molar-refractivity contribution >= 4 is 22.8 Å². The number of oxazole rings is 1. The van der Waals surface area contributed by atoms with Gasteiger partial charge in [0.2, 0.25) is 0 Å². The molecule has 0 unspecified atom stereocenters. The summed E-state index contributed by atoms with van der Waals surface area (Å²) >= 11 is 0.